The molecule has 0 aliphatic carbocycles. The molecule has 0 atom stereocenters. The van der Waals surface area contributed by atoms with E-state index < -0.39 is 0 Å². The number of rotatable bonds is 3. The van der Waals surface area contributed by atoms with Crippen LogP contribution in [0.4, 0.5) is 0 Å². The van der Waals surface area contributed by atoms with Gasteiger partial charge in [0.15, 0.2) is 0 Å². The Hall–Kier alpha value is -2.29. The van der Waals surface area contributed by atoms with Crippen molar-refractivity contribution < 1.29 is 9.90 Å². The van der Waals surface area contributed by atoms with E-state index in [1.807, 2.05) is 51.1 Å². The molecule has 0 saturated heterocycles. The Morgan fingerprint density at radius 1 is 1.00 bits per heavy atom. The van der Waals surface area contributed by atoms with Crippen molar-refractivity contribution >= 4 is 5.91 Å². The van der Waals surface area contributed by atoms with E-state index in [0.29, 0.717) is 12.1 Å². The Morgan fingerprint density at radius 2 is 1.57 bits per heavy atom. The topological polar surface area (TPSA) is 40.5 Å². The number of hydrogen-bond acceptors (Lipinski definition) is 2. The fourth-order valence-electron chi connectivity index (χ4n) is 2.18. The Kier molecular flexibility index (Phi) is 4.32. The number of amides is 1. The second-order valence-electron chi connectivity index (χ2n) is 6.06. The van der Waals surface area contributed by atoms with Crippen LogP contribution in [-0.2, 0) is 6.54 Å². The summed E-state index contributed by atoms with van der Waals surface area (Å²) in [5.41, 5.74) is 1.06. The van der Waals surface area contributed by atoms with Crippen molar-refractivity contribution in [3.63, 3.8) is 0 Å². The molecule has 0 aliphatic heterocycles. The van der Waals surface area contributed by atoms with E-state index in [9.17, 15) is 9.90 Å². The molecule has 0 spiro atoms. The second kappa shape index (κ2) is 6.00. The van der Waals surface area contributed by atoms with E-state index in [2.05, 4.69) is 0 Å². The lowest BCUT2D eigenvalue weighted by Gasteiger charge is -2.36. The number of benzene rings is 2. The maximum atomic E-state index is 12.8. The molecule has 0 heterocycles. The molecule has 0 aromatic heterocycles. The molecule has 0 fully saturated rings. The van der Waals surface area contributed by atoms with Crippen molar-refractivity contribution in [3.8, 4) is 5.75 Å². The summed E-state index contributed by atoms with van der Waals surface area (Å²) < 4.78 is 0. The fourth-order valence-corrected chi connectivity index (χ4v) is 2.18. The van der Waals surface area contributed by atoms with Gasteiger partial charge in [-0.15, -0.1) is 0 Å². The van der Waals surface area contributed by atoms with Crippen LogP contribution in [0.1, 0.15) is 36.7 Å². The third kappa shape index (κ3) is 3.63. The summed E-state index contributed by atoms with van der Waals surface area (Å²) in [5, 5.41) is 9.91. The highest BCUT2D eigenvalue weighted by Gasteiger charge is 2.28. The standard InChI is InChI=1S/C18H21NO2/c1-18(2,3)19(13-14-9-5-4-6-10-14)17(21)15-11-7-8-12-16(15)20/h4-12,20H,13H2,1-3H3. The fraction of sp³-hybridized carbons (Fsp3) is 0.278. The summed E-state index contributed by atoms with van der Waals surface area (Å²) in [6, 6.07) is 16.5. The van der Waals surface area contributed by atoms with Gasteiger partial charge in [-0.2, -0.15) is 0 Å². The van der Waals surface area contributed by atoms with Crippen molar-refractivity contribution in [1.29, 1.82) is 0 Å². The molecule has 2 aromatic carbocycles. The van der Waals surface area contributed by atoms with Gasteiger partial charge in [-0.1, -0.05) is 42.5 Å². The van der Waals surface area contributed by atoms with Crippen LogP contribution in [0.25, 0.3) is 0 Å². The molecule has 110 valence electrons. The molecule has 3 heteroatoms. The van der Waals surface area contributed by atoms with Crippen LogP contribution in [0.15, 0.2) is 54.6 Å². The van der Waals surface area contributed by atoms with Crippen LogP contribution in [-0.4, -0.2) is 21.5 Å². The molecule has 3 nitrogen and oxygen atoms in total. The van der Waals surface area contributed by atoms with Gasteiger partial charge in [-0.05, 0) is 38.5 Å². The van der Waals surface area contributed by atoms with Crippen molar-refractivity contribution in [2.75, 3.05) is 0 Å². The van der Waals surface area contributed by atoms with E-state index in [-0.39, 0.29) is 17.2 Å². The zero-order chi connectivity index (χ0) is 15.5. The molecule has 1 amide bonds. The van der Waals surface area contributed by atoms with Gasteiger partial charge in [0.2, 0.25) is 0 Å². The molecule has 0 aliphatic rings. The maximum absolute atomic E-state index is 12.8. The smallest absolute Gasteiger partial charge is 0.258 e. The van der Waals surface area contributed by atoms with Gasteiger partial charge in [0.05, 0.1) is 5.56 Å². The Labute approximate surface area is 125 Å². The highest BCUT2D eigenvalue weighted by Crippen LogP contribution is 2.24. The van der Waals surface area contributed by atoms with Crippen LogP contribution >= 0.6 is 0 Å². The van der Waals surface area contributed by atoms with E-state index in [4.69, 9.17) is 0 Å². The minimum Gasteiger partial charge on any atom is -0.507 e. The molecular formula is C18H21NO2. The van der Waals surface area contributed by atoms with Gasteiger partial charge in [-0.3, -0.25) is 4.79 Å². The summed E-state index contributed by atoms with van der Waals surface area (Å²) in [7, 11) is 0. The monoisotopic (exact) mass is 283 g/mol. The van der Waals surface area contributed by atoms with Gasteiger partial charge >= 0.3 is 0 Å². The van der Waals surface area contributed by atoms with Crippen LogP contribution in [0, 0.1) is 0 Å². The SMILES string of the molecule is CC(C)(C)N(Cc1ccccc1)C(=O)c1ccccc1O. The number of hydrogen-bond donors (Lipinski definition) is 1. The summed E-state index contributed by atoms with van der Waals surface area (Å²) in [6.45, 7) is 6.49. The average Bonchev–Trinajstić information content (AvgIpc) is 2.44. The largest absolute Gasteiger partial charge is 0.507 e. The number of para-hydroxylation sites is 1. The predicted molar refractivity (Wildman–Crippen MR) is 84.2 cm³/mol. The summed E-state index contributed by atoms with van der Waals surface area (Å²) >= 11 is 0. The predicted octanol–water partition coefficient (Wildman–Crippen LogP) is 3.83. The molecule has 0 radical (unpaired) electrons. The van der Waals surface area contributed by atoms with Crippen molar-refractivity contribution in [2.45, 2.75) is 32.9 Å². The number of nitrogens with zero attached hydrogens (tertiary/aromatic N) is 1. The normalized spacial score (nSPS) is 11.2. The number of aromatic hydroxyl groups is 1. The zero-order valence-corrected chi connectivity index (χ0v) is 12.7. The molecule has 0 bridgehead atoms. The van der Waals surface area contributed by atoms with Crippen LogP contribution in [0.3, 0.4) is 0 Å². The third-order valence-corrected chi connectivity index (χ3v) is 3.37. The van der Waals surface area contributed by atoms with Gasteiger partial charge in [-0.25, -0.2) is 0 Å². The lowest BCUT2D eigenvalue weighted by atomic mass is 10.0. The van der Waals surface area contributed by atoms with Gasteiger partial charge < -0.3 is 10.0 Å². The van der Waals surface area contributed by atoms with Gasteiger partial charge in [0.1, 0.15) is 5.75 Å². The first kappa shape index (κ1) is 15.1. The zero-order valence-electron chi connectivity index (χ0n) is 12.7. The van der Waals surface area contributed by atoms with E-state index in [1.165, 1.54) is 6.07 Å². The van der Waals surface area contributed by atoms with Crippen molar-refractivity contribution in [3.05, 3.63) is 65.7 Å². The molecule has 0 unspecified atom stereocenters. The molecular weight excluding hydrogens is 262 g/mol. The van der Waals surface area contributed by atoms with E-state index in [0.717, 1.165) is 5.56 Å². The lowest BCUT2D eigenvalue weighted by Crippen LogP contribution is -2.45. The second-order valence-corrected chi connectivity index (χ2v) is 6.06. The highest BCUT2D eigenvalue weighted by molar-refractivity contribution is 5.97. The highest BCUT2D eigenvalue weighted by atomic mass is 16.3. The minimum atomic E-state index is -0.338. The summed E-state index contributed by atoms with van der Waals surface area (Å²) in [6.07, 6.45) is 0. The quantitative estimate of drug-likeness (QED) is 0.930. The van der Waals surface area contributed by atoms with Crippen LogP contribution in [0.2, 0.25) is 0 Å². The first-order valence-corrected chi connectivity index (χ1v) is 7.03. The molecule has 0 saturated carbocycles. The summed E-state index contributed by atoms with van der Waals surface area (Å²) in [4.78, 5) is 14.6. The average molecular weight is 283 g/mol. The first-order valence-electron chi connectivity index (χ1n) is 7.03. The Morgan fingerprint density at radius 3 is 2.14 bits per heavy atom. The van der Waals surface area contributed by atoms with Crippen molar-refractivity contribution in [1.82, 2.24) is 4.90 Å². The van der Waals surface area contributed by atoms with Crippen LogP contribution < -0.4 is 0 Å². The van der Waals surface area contributed by atoms with Gasteiger partial charge in [0, 0.05) is 12.1 Å². The maximum Gasteiger partial charge on any atom is 0.258 e. The lowest BCUT2D eigenvalue weighted by molar-refractivity contribution is 0.0556. The molecule has 1 N–H and O–H groups in total. The Bertz CT molecular complexity index is 615. The molecule has 21 heavy (non-hydrogen) atoms. The number of phenolic OH excluding ortho intramolecular Hbond substituents is 1. The number of carbonyl (C=O) groups excluding carboxylic acids is 1. The van der Waals surface area contributed by atoms with Crippen molar-refractivity contribution in [2.24, 2.45) is 0 Å². The minimum absolute atomic E-state index is 0.0183. The van der Waals surface area contributed by atoms with E-state index in [1.54, 1.807) is 23.1 Å². The van der Waals surface area contributed by atoms with E-state index >= 15 is 0 Å². The molecule has 2 rings (SSSR count). The van der Waals surface area contributed by atoms with Gasteiger partial charge in [0.25, 0.3) is 5.91 Å². The molecule has 2 aromatic rings. The third-order valence-electron chi connectivity index (χ3n) is 3.37. The number of carbonyl (C=O) groups is 1. The summed E-state index contributed by atoms with van der Waals surface area (Å²) in [5.74, 6) is -0.144. The van der Waals surface area contributed by atoms with Crippen LogP contribution in [0.5, 0.6) is 5.75 Å². The Balaban J connectivity index is 2.33. The first-order chi connectivity index (χ1) is 9.89. The number of phenols is 1.